The average Bonchev–Trinajstić information content (AvgIpc) is 2.79. The van der Waals surface area contributed by atoms with Gasteiger partial charge < -0.3 is 9.73 Å². The van der Waals surface area contributed by atoms with Gasteiger partial charge in [-0.05, 0) is 29.7 Å². The molecule has 0 bridgehead atoms. The minimum Gasteiger partial charge on any atom is -0.472 e. The number of nitrogens with one attached hydrogen (secondary N) is 1. The fourth-order valence-corrected chi connectivity index (χ4v) is 1.90. The van der Waals surface area contributed by atoms with Gasteiger partial charge >= 0.3 is 0 Å². The van der Waals surface area contributed by atoms with Crippen molar-refractivity contribution >= 4 is 0 Å². The van der Waals surface area contributed by atoms with Gasteiger partial charge in [0.25, 0.3) is 0 Å². The molecule has 0 spiro atoms. The molecule has 2 heteroatoms. The van der Waals surface area contributed by atoms with Crippen LogP contribution in [0, 0.1) is 6.92 Å². The van der Waals surface area contributed by atoms with Gasteiger partial charge in [0.15, 0.2) is 0 Å². The summed E-state index contributed by atoms with van der Waals surface area (Å²) in [4.78, 5) is 0. The molecule has 0 unspecified atom stereocenters. The van der Waals surface area contributed by atoms with Crippen molar-refractivity contribution in [2.45, 2.75) is 33.4 Å². The van der Waals surface area contributed by atoms with E-state index in [1.165, 1.54) is 16.7 Å². The standard InChI is InChI=1S/C15H19NO/c1-11(2)16-9-13-4-5-15(12(3)8-13)14-6-7-17-10-14/h4-8,10-11,16H,9H2,1-3H3. The normalized spacial score (nSPS) is 11.1. The zero-order valence-corrected chi connectivity index (χ0v) is 10.7. The molecule has 0 fully saturated rings. The van der Waals surface area contributed by atoms with Gasteiger partial charge in [-0.25, -0.2) is 0 Å². The molecule has 0 radical (unpaired) electrons. The Kier molecular flexibility index (Phi) is 3.64. The summed E-state index contributed by atoms with van der Waals surface area (Å²) >= 11 is 0. The van der Waals surface area contributed by atoms with Crippen LogP contribution in [0.2, 0.25) is 0 Å². The van der Waals surface area contributed by atoms with Crippen LogP contribution in [0.1, 0.15) is 25.0 Å². The lowest BCUT2D eigenvalue weighted by Gasteiger charge is -2.10. The molecule has 1 aromatic heterocycles. The van der Waals surface area contributed by atoms with Crippen molar-refractivity contribution in [3.05, 3.63) is 47.9 Å². The molecule has 17 heavy (non-hydrogen) atoms. The van der Waals surface area contributed by atoms with Crippen molar-refractivity contribution in [3.63, 3.8) is 0 Å². The second-order valence-electron chi connectivity index (χ2n) is 4.70. The highest BCUT2D eigenvalue weighted by Crippen LogP contribution is 2.24. The highest BCUT2D eigenvalue weighted by atomic mass is 16.3. The van der Waals surface area contributed by atoms with Crippen molar-refractivity contribution in [2.75, 3.05) is 0 Å². The van der Waals surface area contributed by atoms with Crippen molar-refractivity contribution in [1.29, 1.82) is 0 Å². The second kappa shape index (κ2) is 5.19. The van der Waals surface area contributed by atoms with E-state index in [0.717, 1.165) is 12.1 Å². The minimum atomic E-state index is 0.517. The van der Waals surface area contributed by atoms with Crippen LogP contribution in [0.3, 0.4) is 0 Å². The third kappa shape index (κ3) is 2.98. The average molecular weight is 229 g/mol. The predicted molar refractivity (Wildman–Crippen MR) is 70.9 cm³/mol. The predicted octanol–water partition coefficient (Wildman–Crippen LogP) is 3.75. The zero-order valence-electron chi connectivity index (χ0n) is 10.7. The fraction of sp³-hybridized carbons (Fsp3) is 0.333. The molecular weight excluding hydrogens is 210 g/mol. The van der Waals surface area contributed by atoms with Crippen LogP contribution < -0.4 is 5.32 Å². The van der Waals surface area contributed by atoms with E-state index in [1.54, 1.807) is 12.5 Å². The molecule has 0 saturated carbocycles. The van der Waals surface area contributed by atoms with E-state index in [-0.39, 0.29) is 0 Å². The van der Waals surface area contributed by atoms with Crippen LogP contribution in [0.15, 0.2) is 41.2 Å². The molecule has 0 saturated heterocycles. The molecule has 0 atom stereocenters. The maximum absolute atomic E-state index is 5.12. The summed E-state index contributed by atoms with van der Waals surface area (Å²) < 4.78 is 5.12. The molecule has 0 aliphatic heterocycles. The van der Waals surface area contributed by atoms with Crippen molar-refractivity contribution < 1.29 is 4.42 Å². The highest BCUT2D eigenvalue weighted by Gasteiger charge is 2.04. The van der Waals surface area contributed by atoms with Crippen LogP contribution in [-0.4, -0.2) is 6.04 Å². The van der Waals surface area contributed by atoms with Crippen LogP contribution in [0.25, 0.3) is 11.1 Å². The first-order chi connectivity index (χ1) is 8.16. The molecule has 1 heterocycles. The lowest BCUT2D eigenvalue weighted by molar-refractivity contribution is 0.568. The summed E-state index contributed by atoms with van der Waals surface area (Å²) in [7, 11) is 0. The number of hydrogen-bond acceptors (Lipinski definition) is 2. The first-order valence-corrected chi connectivity index (χ1v) is 6.02. The van der Waals surface area contributed by atoms with E-state index < -0.39 is 0 Å². The summed E-state index contributed by atoms with van der Waals surface area (Å²) in [6, 6.07) is 9.08. The molecule has 1 aromatic carbocycles. The molecule has 0 aliphatic carbocycles. The third-order valence-electron chi connectivity index (χ3n) is 2.84. The Morgan fingerprint density at radius 1 is 1.24 bits per heavy atom. The molecule has 2 aromatic rings. The maximum Gasteiger partial charge on any atom is 0.0981 e. The van der Waals surface area contributed by atoms with E-state index >= 15 is 0 Å². The zero-order chi connectivity index (χ0) is 12.3. The van der Waals surface area contributed by atoms with Gasteiger partial charge in [-0.1, -0.05) is 32.0 Å². The minimum absolute atomic E-state index is 0.517. The van der Waals surface area contributed by atoms with E-state index in [4.69, 9.17) is 4.42 Å². The van der Waals surface area contributed by atoms with Gasteiger partial charge in [-0.15, -0.1) is 0 Å². The Morgan fingerprint density at radius 2 is 2.06 bits per heavy atom. The van der Waals surface area contributed by atoms with Gasteiger partial charge in [0, 0.05) is 18.2 Å². The van der Waals surface area contributed by atoms with Gasteiger partial charge in [-0.3, -0.25) is 0 Å². The van der Waals surface area contributed by atoms with Crippen LogP contribution in [0.5, 0.6) is 0 Å². The second-order valence-corrected chi connectivity index (χ2v) is 4.70. The summed E-state index contributed by atoms with van der Waals surface area (Å²) in [5.41, 5.74) is 5.00. The first-order valence-electron chi connectivity index (χ1n) is 6.02. The van der Waals surface area contributed by atoms with Crippen molar-refractivity contribution in [1.82, 2.24) is 5.32 Å². The molecule has 0 aliphatic rings. The van der Waals surface area contributed by atoms with E-state index in [1.807, 2.05) is 6.07 Å². The number of furan rings is 1. The number of aryl methyl sites for hydroxylation is 1. The first kappa shape index (κ1) is 11.9. The Labute approximate surface area is 103 Å². The fourth-order valence-electron chi connectivity index (χ4n) is 1.90. The number of rotatable bonds is 4. The largest absolute Gasteiger partial charge is 0.472 e. The van der Waals surface area contributed by atoms with E-state index in [9.17, 15) is 0 Å². The lowest BCUT2D eigenvalue weighted by atomic mass is 10.0. The van der Waals surface area contributed by atoms with E-state index in [2.05, 4.69) is 44.3 Å². The molecule has 2 rings (SSSR count). The van der Waals surface area contributed by atoms with Crippen LogP contribution in [-0.2, 0) is 6.54 Å². The Bertz CT molecular complexity index is 472. The summed E-state index contributed by atoms with van der Waals surface area (Å²) in [5.74, 6) is 0. The van der Waals surface area contributed by atoms with E-state index in [0.29, 0.717) is 6.04 Å². The van der Waals surface area contributed by atoms with Crippen LogP contribution >= 0.6 is 0 Å². The molecule has 90 valence electrons. The maximum atomic E-state index is 5.12. The SMILES string of the molecule is Cc1cc(CNC(C)C)ccc1-c1ccoc1. The Morgan fingerprint density at radius 3 is 2.65 bits per heavy atom. The van der Waals surface area contributed by atoms with Gasteiger partial charge in [0.1, 0.15) is 0 Å². The quantitative estimate of drug-likeness (QED) is 0.863. The topological polar surface area (TPSA) is 25.2 Å². The van der Waals surface area contributed by atoms with Gasteiger partial charge in [0.2, 0.25) is 0 Å². The van der Waals surface area contributed by atoms with Gasteiger partial charge in [-0.2, -0.15) is 0 Å². The van der Waals surface area contributed by atoms with Crippen LogP contribution in [0.4, 0.5) is 0 Å². The summed E-state index contributed by atoms with van der Waals surface area (Å²) in [6.07, 6.45) is 3.50. The number of hydrogen-bond donors (Lipinski definition) is 1. The summed E-state index contributed by atoms with van der Waals surface area (Å²) in [6.45, 7) is 7.38. The third-order valence-corrected chi connectivity index (χ3v) is 2.84. The highest BCUT2D eigenvalue weighted by molar-refractivity contribution is 5.66. The Balaban J connectivity index is 2.17. The van der Waals surface area contributed by atoms with Gasteiger partial charge in [0.05, 0.1) is 12.5 Å². The van der Waals surface area contributed by atoms with Crippen molar-refractivity contribution in [2.24, 2.45) is 0 Å². The molecule has 0 amide bonds. The molecule has 1 N–H and O–H groups in total. The lowest BCUT2D eigenvalue weighted by Crippen LogP contribution is -2.21. The van der Waals surface area contributed by atoms with Crippen molar-refractivity contribution in [3.8, 4) is 11.1 Å². The Hall–Kier alpha value is -1.54. The number of benzene rings is 1. The molecule has 2 nitrogen and oxygen atoms in total. The smallest absolute Gasteiger partial charge is 0.0981 e. The molecular formula is C15H19NO. The summed E-state index contributed by atoms with van der Waals surface area (Å²) in [5, 5.41) is 3.42. The monoisotopic (exact) mass is 229 g/mol.